The second-order valence-corrected chi connectivity index (χ2v) is 5.16. The fourth-order valence-corrected chi connectivity index (χ4v) is 2.35. The van der Waals surface area contributed by atoms with Gasteiger partial charge in [0.1, 0.15) is 10.5 Å². The lowest BCUT2D eigenvalue weighted by Crippen LogP contribution is -2.27. The maximum atomic E-state index is 12.2. The van der Waals surface area contributed by atoms with Gasteiger partial charge in [0.2, 0.25) is 0 Å². The first-order valence-electron chi connectivity index (χ1n) is 6.58. The minimum absolute atomic E-state index is 0.218. The number of para-hydroxylation sites is 2. The predicted molar refractivity (Wildman–Crippen MR) is 83.6 cm³/mol. The number of nitrogens with zero attached hydrogens (tertiary/aromatic N) is 1. The van der Waals surface area contributed by atoms with Crippen LogP contribution < -0.4 is 5.32 Å². The number of aromatic nitrogens is 3. The highest BCUT2D eigenvalue weighted by molar-refractivity contribution is 7.71. The van der Waals surface area contributed by atoms with Crippen molar-refractivity contribution in [2.75, 3.05) is 0 Å². The van der Waals surface area contributed by atoms with Crippen LogP contribution in [0.15, 0.2) is 42.6 Å². The summed E-state index contributed by atoms with van der Waals surface area (Å²) in [6, 6.07) is 11.0. The van der Waals surface area contributed by atoms with Crippen molar-refractivity contribution in [3.8, 4) is 0 Å². The number of nitrogens with one attached hydrogen (secondary N) is 3. The number of benzene rings is 1. The molecule has 21 heavy (non-hydrogen) atoms. The average molecular weight is 298 g/mol. The maximum Gasteiger partial charge on any atom is 0.254 e. The second-order valence-electron chi connectivity index (χ2n) is 4.75. The number of fused-ring (bicyclic) bond motifs is 1. The van der Waals surface area contributed by atoms with Crippen LogP contribution in [0.1, 0.15) is 29.1 Å². The van der Waals surface area contributed by atoms with Gasteiger partial charge in [-0.05, 0) is 31.2 Å². The van der Waals surface area contributed by atoms with Crippen LogP contribution in [0.25, 0.3) is 11.0 Å². The molecule has 1 atom stereocenters. The van der Waals surface area contributed by atoms with E-state index < -0.39 is 0 Å². The summed E-state index contributed by atoms with van der Waals surface area (Å²) in [5.74, 6) is 0.500. The number of pyridine rings is 1. The number of amides is 1. The minimum Gasteiger partial charge on any atom is -0.352 e. The van der Waals surface area contributed by atoms with E-state index in [1.54, 1.807) is 18.3 Å². The quantitative estimate of drug-likeness (QED) is 0.650. The van der Waals surface area contributed by atoms with E-state index in [2.05, 4.69) is 20.3 Å². The highest BCUT2D eigenvalue weighted by Gasteiger charge is 2.15. The van der Waals surface area contributed by atoms with E-state index in [1.807, 2.05) is 31.2 Å². The lowest BCUT2D eigenvalue weighted by Gasteiger charge is -2.11. The Morgan fingerprint density at radius 1 is 1.29 bits per heavy atom. The van der Waals surface area contributed by atoms with Gasteiger partial charge in [-0.2, -0.15) is 0 Å². The summed E-state index contributed by atoms with van der Waals surface area (Å²) < 4.78 is 0.423. The number of imidazole rings is 1. The molecule has 2 aromatic heterocycles. The summed E-state index contributed by atoms with van der Waals surface area (Å²) in [5.41, 5.74) is 2.28. The molecule has 0 spiro atoms. The van der Waals surface area contributed by atoms with Crippen molar-refractivity contribution < 1.29 is 4.79 Å². The molecule has 1 amide bonds. The molecular weight excluding hydrogens is 284 g/mol. The third-order valence-corrected chi connectivity index (χ3v) is 3.57. The summed E-state index contributed by atoms with van der Waals surface area (Å²) in [5, 5.41) is 2.89. The number of hydrogen-bond donors (Lipinski definition) is 3. The van der Waals surface area contributed by atoms with E-state index >= 15 is 0 Å². The first kappa shape index (κ1) is 13.5. The molecule has 1 unspecified atom stereocenters. The zero-order chi connectivity index (χ0) is 14.8. The SMILES string of the molecule is CC(NC(=O)c1ccc[nH]c1=S)c1nc2ccccc2[nH]1. The Morgan fingerprint density at radius 3 is 2.86 bits per heavy atom. The monoisotopic (exact) mass is 298 g/mol. The standard InChI is InChI=1S/C15H14N4OS/c1-9(13-18-11-6-2-3-7-12(11)19-13)17-14(20)10-5-4-8-16-15(10)21/h2-9H,1H3,(H,16,21)(H,17,20)(H,18,19). The first-order valence-corrected chi connectivity index (χ1v) is 6.99. The zero-order valence-electron chi connectivity index (χ0n) is 11.4. The minimum atomic E-state index is -0.237. The highest BCUT2D eigenvalue weighted by Crippen LogP contribution is 2.16. The summed E-state index contributed by atoms with van der Waals surface area (Å²) in [6.45, 7) is 1.88. The molecule has 3 aromatic rings. The van der Waals surface area contributed by atoms with Crippen LogP contribution in [0.5, 0.6) is 0 Å². The molecule has 0 radical (unpaired) electrons. The number of hydrogen-bond acceptors (Lipinski definition) is 3. The number of carbonyl (C=O) groups excluding carboxylic acids is 1. The van der Waals surface area contributed by atoms with Crippen molar-refractivity contribution in [1.29, 1.82) is 0 Å². The van der Waals surface area contributed by atoms with E-state index in [-0.39, 0.29) is 11.9 Å². The van der Waals surface area contributed by atoms with E-state index in [9.17, 15) is 4.79 Å². The van der Waals surface area contributed by atoms with Crippen molar-refractivity contribution in [2.45, 2.75) is 13.0 Å². The van der Waals surface area contributed by atoms with Gasteiger partial charge >= 0.3 is 0 Å². The van der Waals surface area contributed by atoms with E-state index in [4.69, 9.17) is 12.2 Å². The van der Waals surface area contributed by atoms with Gasteiger partial charge in [0, 0.05) is 6.20 Å². The third kappa shape index (κ3) is 2.71. The topological polar surface area (TPSA) is 73.6 Å². The molecule has 0 bridgehead atoms. The number of H-pyrrole nitrogens is 2. The molecule has 0 aliphatic carbocycles. The Morgan fingerprint density at radius 2 is 2.10 bits per heavy atom. The van der Waals surface area contributed by atoms with E-state index in [0.717, 1.165) is 16.9 Å². The van der Waals surface area contributed by atoms with Gasteiger partial charge in [0.05, 0.1) is 22.6 Å². The van der Waals surface area contributed by atoms with Gasteiger partial charge in [0.15, 0.2) is 0 Å². The fraction of sp³-hybridized carbons (Fsp3) is 0.133. The average Bonchev–Trinajstić information content (AvgIpc) is 2.91. The Hall–Kier alpha value is -2.47. The molecule has 2 heterocycles. The van der Waals surface area contributed by atoms with Crippen LogP contribution in [0, 0.1) is 4.64 Å². The normalized spacial score (nSPS) is 12.2. The Kier molecular flexibility index (Phi) is 3.53. The molecule has 3 N–H and O–H groups in total. The van der Waals surface area contributed by atoms with Gasteiger partial charge in [-0.15, -0.1) is 0 Å². The largest absolute Gasteiger partial charge is 0.352 e. The lowest BCUT2D eigenvalue weighted by atomic mass is 10.2. The smallest absolute Gasteiger partial charge is 0.254 e. The van der Waals surface area contributed by atoms with Gasteiger partial charge < -0.3 is 15.3 Å². The summed E-state index contributed by atoms with van der Waals surface area (Å²) in [4.78, 5) is 22.8. The molecule has 3 rings (SSSR count). The Balaban J connectivity index is 1.83. The molecule has 0 aliphatic heterocycles. The van der Waals surface area contributed by atoms with Crippen molar-refractivity contribution >= 4 is 29.2 Å². The van der Waals surface area contributed by atoms with Crippen molar-refractivity contribution in [3.05, 3.63) is 58.6 Å². The van der Waals surface area contributed by atoms with Gasteiger partial charge in [-0.25, -0.2) is 4.98 Å². The maximum absolute atomic E-state index is 12.2. The molecule has 0 saturated heterocycles. The molecule has 5 nitrogen and oxygen atoms in total. The predicted octanol–water partition coefficient (Wildman–Crippen LogP) is 3.11. The van der Waals surface area contributed by atoms with Crippen LogP contribution in [0.4, 0.5) is 0 Å². The van der Waals surface area contributed by atoms with Crippen LogP contribution in [-0.2, 0) is 0 Å². The fourth-order valence-electron chi connectivity index (χ4n) is 2.12. The van der Waals surface area contributed by atoms with Crippen LogP contribution >= 0.6 is 12.2 Å². The Labute approximate surface area is 126 Å². The molecule has 0 aliphatic rings. The van der Waals surface area contributed by atoms with Gasteiger partial charge in [0.25, 0.3) is 5.91 Å². The Bertz CT molecular complexity index is 819. The molecule has 1 aromatic carbocycles. The number of carbonyl (C=O) groups is 1. The molecular formula is C15H14N4OS. The van der Waals surface area contributed by atoms with E-state index in [1.165, 1.54) is 0 Å². The lowest BCUT2D eigenvalue weighted by molar-refractivity contribution is 0.0937. The zero-order valence-corrected chi connectivity index (χ0v) is 12.2. The van der Waals surface area contributed by atoms with Crippen molar-refractivity contribution in [2.24, 2.45) is 0 Å². The second kappa shape index (κ2) is 5.49. The summed E-state index contributed by atoms with van der Waals surface area (Å²) in [6.07, 6.45) is 1.70. The first-order chi connectivity index (χ1) is 10.1. The van der Waals surface area contributed by atoms with Crippen LogP contribution in [-0.4, -0.2) is 20.9 Å². The van der Waals surface area contributed by atoms with Gasteiger partial charge in [-0.1, -0.05) is 24.4 Å². The summed E-state index contributed by atoms with van der Waals surface area (Å²) >= 11 is 5.11. The molecule has 0 saturated carbocycles. The molecule has 106 valence electrons. The summed E-state index contributed by atoms with van der Waals surface area (Å²) in [7, 11) is 0. The van der Waals surface area contributed by atoms with Gasteiger partial charge in [-0.3, -0.25) is 4.79 Å². The van der Waals surface area contributed by atoms with Crippen LogP contribution in [0.2, 0.25) is 0 Å². The van der Waals surface area contributed by atoms with E-state index in [0.29, 0.717) is 10.2 Å². The third-order valence-electron chi connectivity index (χ3n) is 3.23. The molecule has 6 heteroatoms. The van der Waals surface area contributed by atoms with Crippen LogP contribution in [0.3, 0.4) is 0 Å². The number of rotatable bonds is 3. The molecule has 0 fully saturated rings. The number of aromatic amines is 2. The highest BCUT2D eigenvalue weighted by atomic mass is 32.1. The van der Waals surface area contributed by atoms with Crippen molar-refractivity contribution in [3.63, 3.8) is 0 Å². The van der Waals surface area contributed by atoms with Crippen molar-refractivity contribution in [1.82, 2.24) is 20.3 Å².